The smallest absolute Gasteiger partial charge is 0.435 e. The van der Waals surface area contributed by atoms with E-state index in [1.54, 1.807) is 0 Å². The van der Waals surface area contributed by atoms with Crippen molar-refractivity contribution in [3.05, 3.63) is 11.3 Å². The van der Waals surface area contributed by atoms with Gasteiger partial charge in [-0.1, -0.05) is 0 Å². The molecule has 0 unspecified atom stereocenters. The van der Waals surface area contributed by atoms with E-state index in [4.69, 9.17) is 0 Å². The summed E-state index contributed by atoms with van der Waals surface area (Å²) in [5.74, 6) is -5.31. The maximum Gasteiger partial charge on any atom is 0.435 e. The van der Waals surface area contributed by atoms with Gasteiger partial charge in [0, 0.05) is 5.57 Å². The van der Waals surface area contributed by atoms with E-state index >= 15 is 0 Å². The van der Waals surface area contributed by atoms with Crippen LogP contribution in [0.15, 0.2) is 11.3 Å². The zero-order valence-electron chi connectivity index (χ0n) is 11.3. The number of hydrogen-bond donors (Lipinski definition) is 0. The summed E-state index contributed by atoms with van der Waals surface area (Å²) in [5, 5.41) is 10.6. The molecule has 0 saturated heterocycles. The summed E-state index contributed by atoms with van der Waals surface area (Å²) in [4.78, 5) is 0. The minimum absolute atomic E-state index is 5.31. The van der Waals surface area contributed by atoms with Crippen LogP contribution in [-0.4, -0.2) is 42.2 Å². The van der Waals surface area contributed by atoms with Crippen molar-refractivity contribution >= 4 is 0 Å². The fraction of sp³-hybridized carbons (Fsp3) is 0.778. The first-order valence-corrected chi connectivity index (χ1v) is 5.42. The van der Waals surface area contributed by atoms with Crippen LogP contribution in [0.4, 0.5) is 74.6 Å². The average Bonchev–Trinajstić information content (AvgIpc) is 2.31. The molecule has 162 valence electrons. The monoisotopic (exact) mass is 447 g/mol. The molecule has 0 rings (SSSR count). The van der Waals surface area contributed by atoms with Gasteiger partial charge in [-0.05, 0) is 5.76 Å². The van der Waals surface area contributed by atoms with Crippen LogP contribution in [0.2, 0.25) is 0 Å². The average molecular weight is 447 g/mol. The lowest BCUT2D eigenvalue weighted by Crippen LogP contribution is -2.67. The van der Waals surface area contributed by atoms with Gasteiger partial charge in [0.25, 0.3) is 0 Å². The van der Waals surface area contributed by atoms with Gasteiger partial charge >= 0.3 is 42.2 Å². The normalized spacial score (nSPS) is 15.7. The molecule has 0 heterocycles. The van der Waals surface area contributed by atoms with Crippen LogP contribution < -0.4 is 5.11 Å². The SMILES string of the molecule is [O-]C(=C(C(F)(C(F)(F)F)C(F)(F)F)C(F)(C(F)(F)F)C(F)(F)F)C(F)(F)F. The van der Waals surface area contributed by atoms with Crippen LogP contribution in [-0.2, 0) is 0 Å². The molecule has 0 aromatic heterocycles. The van der Waals surface area contributed by atoms with E-state index in [0.29, 0.717) is 0 Å². The summed E-state index contributed by atoms with van der Waals surface area (Å²) >= 11 is 0. The highest BCUT2D eigenvalue weighted by Crippen LogP contribution is 2.62. The second-order valence-electron chi connectivity index (χ2n) is 4.51. The quantitative estimate of drug-likeness (QED) is 0.440. The molecule has 0 aliphatic rings. The molecule has 1 nitrogen and oxygen atoms in total. The fourth-order valence-electron chi connectivity index (χ4n) is 1.58. The van der Waals surface area contributed by atoms with E-state index in [1.165, 1.54) is 0 Å². The third kappa shape index (κ3) is 3.83. The molecule has 27 heavy (non-hydrogen) atoms. The summed E-state index contributed by atoms with van der Waals surface area (Å²) in [6, 6.07) is 0. The van der Waals surface area contributed by atoms with Crippen molar-refractivity contribution in [1.82, 2.24) is 0 Å². The Hall–Kier alpha value is -1.65. The standard InChI is InChI=1S/C9HF17O/c10-3(6(15,16)17,7(18,19)20)1(2(27)5(12,13)14)4(11,8(21,22)23)9(24,25)26/h27H/p-1. The van der Waals surface area contributed by atoms with Crippen molar-refractivity contribution in [3.8, 4) is 0 Å². The maximum absolute atomic E-state index is 13.6. The van der Waals surface area contributed by atoms with E-state index in [1.807, 2.05) is 0 Å². The summed E-state index contributed by atoms with van der Waals surface area (Å²) in [5.41, 5.74) is -22.4. The van der Waals surface area contributed by atoms with Gasteiger partial charge in [0.1, 0.15) is 0 Å². The molecule has 0 saturated carbocycles. The van der Waals surface area contributed by atoms with E-state index in [-0.39, 0.29) is 0 Å². The van der Waals surface area contributed by atoms with Crippen molar-refractivity contribution in [3.63, 3.8) is 0 Å². The summed E-state index contributed by atoms with van der Waals surface area (Å²) in [6.45, 7) is 0. The minimum Gasteiger partial charge on any atom is -0.869 e. The predicted molar refractivity (Wildman–Crippen MR) is 45.0 cm³/mol. The van der Waals surface area contributed by atoms with Crippen molar-refractivity contribution in [2.45, 2.75) is 42.2 Å². The molecule has 0 bridgehead atoms. The van der Waals surface area contributed by atoms with Crippen molar-refractivity contribution in [1.29, 1.82) is 0 Å². The van der Waals surface area contributed by atoms with Crippen LogP contribution in [0.3, 0.4) is 0 Å². The molecule has 0 radical (unpaired) electrons. The van der Waals surface area contributed by atoms with Gasteiger partial charge < -0.3 is 5.11 Å². The van der Waals surface area contributed by atoms with Crippen LogP contribution in [0.25, 0.3) is 0 Å². The number of hydrogen-bond acceptors (Lipinski definition) is 1. The van der Waals surface area contributed by atoms with E-state index < -0.39 is 53.6 Å². The number of halogens is 17. The van der Waals surface area contributed by atoms with Crippen molar-refractivity contribution < 1.29 is 79.7 Å². The highest BCUT2D eigenvalue weighted by Gasteiger charge is 2.86. The van der Waals surface area contributed by atoms with Crippen molar-refractivity contribution in [2.75, 3.05) is 0 Å². The Bertz CT molecular complexity index is 510. The first-order valence-electron chi connectivity index (χ1n) is 5.42. The summed E-state index contributed by atoms with van der Waals surface area (Å²) in [6.07, 6.45) is -39.7. The van der Waals surface area contributed by atoms with Crippen LogP contribution in [0.1, 0.15) is 0 Å². The molecule has 0 aromatic carbocycles. The maximum atomic E-state index is 13.6. The highest BCUT2D eigenvalue weighted by atomic mass is 19.4. The molecule has 0 spiro atoms. The largest absolute Gasteiger partial charge is 0.869 e. The molecule has 0 atom stereocenters. The highest BCUT2D eigenvalue weighted by molar-refractivity contribution is 5.39. The third-order valence-electron chi connectivity index (χ3n) is 2.74. The van der Waals surface area contributed by atoms with Crippen molar-refractivity contribution in [2.24, 2.45) is 0 Å². The molecule has 0 amide bonds. The zero-order chi connectivity index (χ0) is 22.7. The Morgan fingerprint density at radius 1 is 0.407 bits per heavy atom. The molecule has 0 aliphatic heterocycles. The zero-order valence-corrected chi connectivity index (χ0v) is 11.3. The fourth-order valence-corrected chi connectivity index (χ4v) is 1.58. The van der Waals surface area contributed by atoms with E-state index in [0.717, 1.165) is 0 Å². The second kappa shape index (κ2) is 6.18. The summed E-state index contributed by atoms with van der Waals surface area (Å²) in [7, 11) is 0. The van der Waals surface area contributed by atoms with Gasteiger partial charge in [-0.15, -0.1) is 0 Å². The Morgan fingerprint density at radius 2 is 0.593 bits per heavy atom. The van der Waals surface area contributed by atoms with Gasteiger partial charge in [-0.3, -0.25) is 0 Å². The Labute approximate surface area is 135 Å². The molecule has 0 aromatic rings. The minimum atomic E-state index is -8.30. The van der Waals surface area contributed by atoms with Gasteiger partial charge in [0.05, 0.1) is 0 Å². The lowest BCUT2D eigenvalue weighted by Gasteiger charge is -2.43. The molecule has 18 heteroatoms. The second-order valence-corrected chi connectivity index (χ2v) is 4.51. The lowest BCUT2D eigenvalue weighted by molar-refractivity contribution is -0.394. The van der Waals surface area contributed by atoms with E-state index in [2.05, 4.69) is 0 Å². The summed E-state index contributed by atoms with van der Waals surface area (Å²) < 4.78 is 212. The molecule has 0 N–H and O–H groups in total. The van der Waals surface area contributed by atoms with Crippen LogP contribution in [0, 0.1) is 0 Å². The Balaban J connectivity index is 7.82. The Morgan fingerprint density at radius 3 is 0.704 bits per heavy atom. The first-order chi connectivity index (χ1) is 11.3. The van der Waals surface area contributed by atoms with E-state index in [9.17, 15) is 79.7 Å². The van der Waals surface area contributed by atoms with Gasteiger partial charge in [0.15, 0.2) is 0 Å². The van der Waals surface area contributed by atoms with Crippen LogP contribution in [0.5, 0.6) is 0 Å². The van der Waals surface area contributed by atoms with Gasteiger partial charge in [-0.2, -0.15) is 65.9 Å². The predicted octanol–water partition coefficient (Wildman–Crippen LogP) is 4.83. The molecular weight excluding hydrogens is 447 g/mol. The number of rotatable bonds is 2. The van der Waals surface area contributed by atoms with Gasteiger partial charge in [-0.25, -0.2) is 8.78 Å². The molecule has 0 aliphatic carbocycles. The number of allylic oxidation sites excluding steroid dienone is 2. The number of alkyl halides is 17. The topological polar surface area (TPSA) is 23.1 Å². The van der Waals surface area contributed by atoms with Crippen LogP contribution >= 0.6 is 0 Å². The molecule has 0 fully saturated rings. The van der Waals surface area contributed by atoms with Gasteiger partial charge in [0.2, 0.25) is 0 Å². The molecular formula is C9F17O-. The first kappa shape index (κ1) is 25.3. The lowest BCUT2D eigenvalue weighted by atomic mass is 9.79. The Kier molecular flexibility index (Phi) is 5.80. The third-order valence-corrected chi connectivity index (χ3v) is 2.74.